The zero-order valence-electron chi connectivity index (χ0n) is 24.6. The van der Waals surface area contributed by atoms with Crippen molar-refractivity contribution in [1.82, 2.24) is 20.9 Å². The van der Waals surface area contributed by atoms with Crippen molar-refractivity contribution in [2.24, 2.45) is 11.7 Å². The maximum Gasteiger partial charge on any atom is 0.326 e. The van der Waals surface area contributed by atoms with Gasteiger partial charge in [0, 0.05) is 36.4 Å². The predicted octanol–water partition coefficient (Wildman–Crippen LogP) is 1.44. The standard InChI is InChI=1S/C31H39N5O8/c1-17(2)13-22(32)28(40)35-26(15-19-16-33-23-6-4-3-5-21(19)23)30(42)36-25(14-18-7-9-20(37)10-8-18)29(41)34-24(31(43)44)11-12-27(38)39/h3-10,16-17,22,24-26,33,37H,11-15,32H2,1-2H3,(H,34,41)(H,35,40)(H,36,42)(H,38,39)(H,43,44). The molecule has 13 nitrogen and oxygen atoms in total. The van der Waals surface area contributed by atoms with Crippen LogP contribution in [0.5, 0.6) is 5.75 Å². The average Bonchev–Trinajstić information content (AvgIpc) is 3.37. The van der Waals surface area contributed by atoms with Crippen molar-refractivity contribution in [3.63, 3.8) is 0 Å². The number of carboxylic acid groups (broad SMARTS) is 2. The number of benzene rings is 2. The molecule has 0 saturated heterocycles. The second-order valence-corrected chi connectivity index (χ2v) is 11.1. The zero-order chi connectivity index (χ0) is 32.4. The highest BCUT2D eigenvalue weighted by atomic mass is 16.4. The molecular weight excluding hydrogens is 570 g/mol. The van der Waals surface area contributed by atoms with Crippen LogP contribution >= 0.6 is 0 Å². The summed E-state index contributed by atoms with van der Waals surface area (Å²) < 4.78 is 0. The third-order valence-electron chi connectivity index (χ3n) is 7.06. The number of nitrogens with two attached hydrogens (primary N) is 1. The Balaban J connectivity index is 1.90. The van der Waals surface area contributed by atoms with Crippen molar-refractivity contribution in [3.8, 4) is 5.75 Å². The molecule has 0 bridgehead atoms. The van der Waals surface area contributed by atoms with Gasteiger partial charge in [0.1, 0.15) is 23.9 Å². The van der Waals surface area contributed by atoms with Crippen LogP contribution in [0.3, 0.4) is 0 Å². The lowest BCUT2D eigenvalue weighted by molar-refractivity contribution is -0.143. The number of para-hydroxylation sites is 1. The number of aromatic hydroxyl groups is 1. The monoisotopic (exact) mass is 609 g/mol. The smallest absolute Gasteiger partial charge is 0.326 e. The second kappa shape index (κ2) is 15.5. The number of rotatable bonds is 16. The summed E-state index contributed by atoms with van der Waals surface area (Å²) >= 11 is 0. The number of carbonyl (C=O) groups excluding carboxylic acids is 3. The quantitative estimate of drug-likeness (QED) is 0.117. The molecule has 0 aliphatic heterocycles. The average molecular weight is 610 g/mol. The van der Waals surface area contributed by atoms with E-state index in [0.29, 0.717) is 12.0 Å². The Kier molecular flexibility index (Phi) is 11.9. The molecule has 13 heteroatoms. The van der Waals surface area contributed by atoms with Gasteiger partial charge in [0.15, 0.2) is 0 Å². The first-order valence-electron chi connectivity index (χ1n) is 14.3. The normalized spacial score (nSPS) is 13.9. The van der Waals surface area contributed by atoms with Gasteiger partial charge < -0.3 is 42.0 Å². The largest absolute Gasteiger partial charge is 0.508 e. The topological polar surface area (TPSA) is 224 Å². The van der Waals surface area contributed by atoms with Crippen LogP contribution in [-0.4, -0.2) is 74.1 Å². The zero-order valence-corrected chi connectivity index (χ0v) is 24.6. The van der Waals surface area contributed by atoms with Crippen molar-refractivity contribution >= 4 is 40.6 Å². The molecule has 0 fully saturated rings. The lowest BCUT2D eigenvalue weighted by Crippen LogP contribution is -2.58. The molecule has 0 aliphatic rings. The van der Waals surface area contributed by atoms with E-state index in [1.165, 1.54) is 24.3 Å². The fourth-order valence-electron chi connectivity index (χ4n) is 4.77. The first-order chi connectivity index (χ1) is 20.8. The minimum Gasteiger partial charge on any atom is -0.508 e. The van der Waals surface area contributed by atoms with Gasteiger partial charge in [0.05, 0.1) is 6.04 Å². The van der Waals surface area contributed by atoms with Gasteiger partial charge in [0.25, 0.3) is 0 Å². The highest BCUT2D eigenvalue weighted by Crippen LogP contribution is 2.20. The number of aliphatic carboxylic acids is 2. The summed E-state index contributed by atoms with van der Waals surface area (Å²) in [5.41, 5.74) is 8.20. The summed E-state index contributed by atoms with van der Waals surface area (Å²) in [6, 6.07) is 8.43. The van der Waals surface area contributed by atoms with Crippen LogP contribution in [0.1, 0.15) is 44.2 Å². The van der Waals surface area contributed by atoms with E-state index < -0.39 is 60.2 Å². The molecule has 236 valence electrons. The van der Waals surface area contributed by atoms with Crippen molar-refractivity contribution in [2.45, 2.75) is 70.1 Å². The highest BCUT2D eigenvalue weighted by molar-refractivity contribution is 5.95. The van der Waals surface area contributed by atoms with E-state index in [1.54, 1.807) is 6.20 Å². The molecule has 1 heterocycles. The van der Waals surface area contributed by atoms with Gasteiger partial charge in [-0.3, -0.25) is 19.2 Å². The lowest BCUT2D eigenvalue weighted by Gasteiger charge is -2.25. The van der Waals surface area contributed by atoms with Gasteiger partial charge in [-0.2, -0.15) is 0 Å². The highest BCUT2D eigenvalue weighted by Gasteiger charge is 2.31. The van der Waals surface area contributed by atoms with Crippen molar-refractivity contribution in [1.29, 1.82) is 0 Å². The number of amides is 3. The number of carbonyl (C=O) groups is 5. The van der Waals surface area contributed by atoms with Crippen LogP contribution in [-0.2, 0) is 36.8 Å². The maximum absolute atomic E-state index is 13.8. The number of phenolic OH excluding ortho intramolecular Hbond substituents is 1. The Morgan fingerprint density at radius 3 is 2.02 bits per heavy atom. The van der Waals surface area contributed by atoms with Gasteiger partial charge in [-0.1, -0.05) is 44.2 Å². The summed E-state index contributed by atoms with van der Waals surface area (Å²) in [6.45, 7) is 3.83. The Hall–Kier alpha value is -4.91. The van der Waals surface area contributed by atoms with E-state index in [2.05, 4.69) is 20.9 Å². The summed E-state index contributed by atoms with van der Waals surface area (Å²) in [7, 11) is 0. The maximum atomic E-state index is 13.8. The molecule has 9 N–H and O–H groups in total. The van der Waals surface area contributed by atoms with Crippen LogP contribution < -0.4 is 21.7 Å². The fraction of sp³-hybridized carbons (Fsp3) is 0.387. The molecule has 3 aromatic rings. The molecule has 0 radical (unpaired) electrons. The second-order valence-electron chi connectivity index (χ2n) is 11.1. The summed E-state index contributed by atoms with van der Waals surface area (Å²) in [4.78, 5) is 66.1. The number of nitrogens with one attached hydrogen (secondary N) is 4. The number of carboxylic acids is 2. The summed E-state index contributed by atoms with van der Waals surface area (Å²) in [5.74, 6) is -4.67. The first-order valence-corrected chi connectivity index (χ1v) is 14.3. The number of aromatic amines is 1. The first kappa shape index (κ1) is 33.6. The van der Waals surface area contributed by atoms with Crippen LogP contribution in [0.2, 0.25) is 0 Å². The Labute approximate surface area is 254 Å². The predicted molar refractivity (Wildman–Crippen MR) is 162 cm³/mol. The molecular formula is C31H39N5O8. The summed E-state index contributed by atoms with van der Waals surface area (Å²) in [5, 5.41) is 36.7. The van der Waals surface area contributed by atoms with Gasteiger partial charge in [-0.05, 0) is 48.1 Å². The Morgan fingerprint density at radius 1 is 0.818 bits per heavy atom. The van der Waals surface area contributed by atoms with E-state index in [-0.39, 0.29) is 30.9 Å². The van der Waals surface area contributed by atoms with Crippen LogP contribution in [0, 0.1) is 5.92 Å². The van der Waals surface area contributed by atoms with Crippen LogP contribution in [0.4, 0.5) is 0 Å². The van der Waals surface area contributed by atoms with Crippen molar-refractivity contribution in [2.75, 3.05) is 0 Å². The molecule has 4 unspecified atom stereocenters. The molecule has 2 aromatic carbocycles. The SMILES string of the molecule is CC(C)CC(N)C(=O)NC(Cc1c[nH]c2ccccc12)C(=O)NC(Cc1ccc(O)cc1)C(=O)NC(CCC(=O)O)C(=O)O. The molecule has 3 amide bonds. The Morgan fingerprint density at radius 2 is 1.41 bits per heavy atom. The lowest BCUT2D eigenvalue weighted by atomic mass is 10.00. The van der Waals surface area contributed by atoms with Crippen molar-refractivity contribution in [3.05, 3.63) is 65.9 Å². The van der Waals surface area contributed by atoms with Gasteiger partial charge >= 0.3 is 11.9 Å². The van der Waals surface area contributed by atoms with E-state index in [1.807, 2.05) is 38.1 Å². The van der Waals surface area contributed by atoms with E-state index in [4.69, 9.17) is 10.8 Å². The molecule has 4 atom stereocenters. The minimum atomic E-state index is -1.52. The number of H-pyrrole nitrogens is 1. The number of hydrogen-bond donors (Lipinski definition) is 8. The van der Waals surface area contributed by atoms with Crippen LogP contribution in [0.15, 0.2) is 54.7 Å². The van der Waals surface area contributed by atoms with E-state index >= 15 is 0 Å². The minimum absolute atomic E-state index is 0.0161. The molecule has 0 saturated carbocycles. The van der Waals surface area contributed by atoms with Gasteiger partial charge in [0.2, 0.25) is 17.7 Å². The summed E-state index contributed by atoms with van der Waals surface area (Å²) in [6.07, 6.45) is 1.20. The molecule has 3 rings (SSSR count). The van der Waals surface area contributed by atoms with Crippen molar-refractivity contribution < 1.29 is 39.3 Å². The van der Waals surface area contributed by atoms with Gasteiger partial charge in [-0.25, -0.2) is 4.79 Å². The molecule has 0 spiro atoms. The molecule has 0 aliphatic carbocycles. The molecule has 1 aromatic heterocycles. The fourth-order valence-corrected chi connectivity index (χ4v) is 4.77. The third kappa shape index (κ3) is 9.83. The van der Waals surface area contributed by atoms with Gasteiger partial charge in [-0.15, -0.1) is 0 Å². The number of aromatic nitrogens is 1. The Bertz CT molecular complexity index is 1470. The molecule has 44 heavy (non-hydrogen) atoms. The number of fused-ring (bicyclic) bond motifs is 1. The van der Waals surface area contributed by atoms with Crippen LogP contribution in [0.25, 0.3) is 10.9 Å². The number of phenols is 1. The van der Waals surface area contributed by atoms with E-state index in [9.17, 15) is 34.2 Å². The van der Waals surface area contributed by atoms with E-state index in [0.717, 1.165) is 16.5 Å². The number of hydrogen-bond acceptors (Lipinski definition) is 7. The third-order valence-corrected chi connectivity index (χ3v) is 7.06.